The number of fused-ring (bicyclic) bond motifs is 2. The summed E-state index contributed by atoms with van der Waals surface area (Å²) in [6.07, 6.45) is 5.31. The molecule has 0 fully saturated rings. The number of hydrogen-bond donors (Lipinski definition) is 1. The van der Waals surface area contributed by atoms with Crippen LogP contribution >= 0.6 is 0 Å². The SMILES string of the molecule is CC(C)(C)Cc1ccc2cc(-c3ccnc(-c4[c-]c5ccccc5c(C(C)(C)C)c4)c3)oc2c1.[2H]C([2H])([2H])/C(C(=O)C(CC)CC)=C(/O)C(CC)CC.[Ir]. The number of aliphatic hydroxyl groups is 1. The molecule has 0 atom stereocenters. The van der Waals surface area contributed by atoms with Crippen molar-refractivity contribution in [3.05, 3.63) is 101 Å². The van der Waals surface area contributed by atoms with Crippen molar-refractivity contribution >= 4 is 27.5 Å². The Balaban J connectivity index is 0.000000338. The van der Waals surface area contributed by atoms with Crippen molar-refractivity contribution in [3.63, 3.8) is 0 Å². The first kappa shape index (κ1) is 37.2. The number of carbonyl (C=O) groups is 1. The van der Waals surface area contributed by atoms with Crippen LogP contribution in [-0.2, 0) is 36.7 Å². The molecule has 51 heavy (non-hydrogen) atoms. The molecule has 1 radical (unpaired) electrons. The zero-order valence-electron chi connectivity index (χ0n) is 35.2. The first-order valence-electron chi connectivity index (χ1n) is 19.7. The van der Waals surface area contributed by atoms with E-state index in [2.05, 4.69) is 108 Å². The van der Waals surface area contributed by atoms with E-state index in [1.165, 1.54) is 16.5 Å². The van der Waals surface area contributed by atoms with Crippen LogP contribution in [0.25, 0.3) is 44.3 Å². The number of rotatable bonds is 10. The Morgan fingerprint density at radius 1 is 0.882 bits per heavy atom. The Labute approximate surface area is 324 Å². The van der Waals surface area contributed by atoms with E-state index in [0.29, 0.717) is 25.7 Å². The second kappa shape index (κ2) is 17.8. The van der Waals surface area contributed by atoms with Gasteiger partial charge in [0, 0.05) is 64.5 Å². The minimum absolute atomic E-state index is 0. The van der Waals surface area contributed by atoms with Gasteiger partial charge in [0.05, 0.1) is 0 Å². The summed E-state index contributed by atoms with van der Waals surface area (Å²) >= 11 is 0. The normalized spacial score (nSPS) is 13.6. The van der Waals surface area contributed by atoms with E-state index >= 15 is 0 Å². The number of allylic oxidation sites excluding steroid dienone is 2. The van der Waals surface area contributed by atoms with Crippen molar-refractivity contribution in [1.29, 1.82) is 0 Å². The Kier molecular flexibility index (Phi) is 13.0. The van der Waals surface area contributed by atoms with Gasteiger partial charge >= 0.3 is 0 Å². The fourth-order valence-electron chi connectivity index (χ4n) is 6.53. The molecule has 2 aromatic heterocycles. The largest absolute Gasteiger partial charge is 0.512 e. The molecule has 1 N–H and O–H groups in total. The third kappa shape index (κ3) is 10.5. The van der Waals surface area contributed by atoms with Crippen LogP contribution in [0.15, 0.2) is 88.7 Å². The second-order valence-electron chi connectivity index (χ2n) is 15.7. The fraction of sp³-hybridized carbons (Fsp3) is 0.435. The van der Waals surface area contributed by atoms with Crippen molar-refractivity contribution in [2.24, 2.45) is 17.3 Å². The van der Waals surface area contributed by atoms with E-state index in [1.807, 2.05) is 40.0 Å². The van der Waals surface area contributed by atoms with Crippen LogP contribution in [0, 0.1) is 23.3 Å². The maximum atomic E-state index is 12.4. The Morgan fingerprint density at radius 2 is 1.55 bits per heavy atom. The number of hydrogen-bond acceptors (Lipinski definition) is 4. The van der Waals surface area contributed by atoms with E-state index in [9.17, 15) is 9.90 Å². The zero-order chi connectivity index (χ0) is 39.3. The molecule has 3 aromatic carbocycles. The second-order valence-corrected chi connectivity index (χ2v) is 15.7. The van der Waals surface area contributed by atoms with Gasteiger partial charge in [-0.1, -0.05) is 117 Å². The molecule has 0 saturated carbocycles. The molecule has 2 heterocycles. The molecule has 0 aliphatic heterocycles. The van der Waals surface area contributed by atoms with Gasteiger partial charge < -0.3 is 9.52 Å². The van der Waals surface area contributed by atoms with Crippen molar-refractivity contribution in [2.45, 2.75) is 114 Å². The predicted molar refractivity (Wildman–Crippen MR) is 212 cm³/mol. The van der Waals surface area contributed by atoms with Gasteiger partial charge in [0.15, 0.2) is 5.78 Å². The summed E-state index contributed by atoms with van der Waals surface area (Å²) in [5, 5.41) is 13.7. The minimum Gasteiger partial charge on any atom is -0.512 e. The third-order valence-corrected chi connectivity index (χ3v) is 9.45. The monoisotopic (exact) mass is 868 g/mol. The van der Waals surface area contributed by atoms with Gasteiger partial charge in [0.25, 0.3) is 0 Å². The number of carbonyl (C=O) groups excluding carboxylic acids is 1. The van der Waals surface area contributed by atoms with Crippen LogP contribution in [-0.4, -0.2) is 15.9 Å². The summed E-state index contributed by atoms with van der Waals surface area (Å²) in [6, 6.07) is 27.1. The standard InChI is InChI=1S/C32H32NO.C14H26O2.Ir/c1-31(2,3)20-21-11-12-23-19-30(34-29(23)15-21)24-13-14-33-28(18-24)25-16-22-9-7-8-10-26(22)27(17-25)32(4,5)6;1-6-11(7-2)13(15)10(5)14(16)12(8-3)9-4;/h7-15,17-19H,20H2,1-6H3;11-12,15H,6-9H2,1-5H3;/q-1;;/b;13-10-;/i;5D3;. The van der Waals surface area contributed by atoms with Gasteiger partial charge in [0.2, 0.25) is 0 Å². The molecule has 5 aromatic rings. The molecule has 0 aliphatic carbocycles. The van der Waals surface area contributed by atoms with E-state index in [1.54, 1.807) is 0 Å². The van der Waals surface area contributed by atoms with Crippen molar-refractivity contribution < 1.29 is 38.5 Å². The Morgan fingerprint density at radius 3 is 2.16 bits per heavy atom. The van der Waals surface area contributed by atoms with Crippen molar-refractivity contribution in [3.8, 4) is 22.6 Å². The quantitative estimate of drug-likeness (QED) is 0.0863. The number of nitrogens with zero attached hydrogens (tertiary/aromatic N) is 1. The molecule has 0 bridgehead atoms. The molecule has 4 nitrogen and oxygen atoms in total. The average Bonchev–Trinajstić information content (AvgIpc) is 3.51. The minimum atomic E-state index is -2.55. The number of benzene rings is 3. The molecular formula is C46H58IrNO3-. The maximum Gasteiger partial charge on any atom is 0.164 e. The molecular weight excluding hydrogens is 807 g/mol. The fourth-order valence-corrected chi connectivity index (χ4v) is 6.53. The molecule has 0 aliphatic rings. The Bertz CT molecular complexity index is 2060. The van der Waals surface area contributed by atoms with Gasteiger partial charge in [0.1, 0.15) is 17.1 Å². The van der Waals surface area contributed by atoms with Crippen molar-refractivity contribution in [1.82, 2.24) is 4.98 Å². The number of furan rings is 1. The number of aliphatic hydroxyl groups excluding tert-OH is 1. The summed E-state index contributed by atoms with van der Waals surface area (Å²) in [5.41, 5.74) is 6.39. The van der Waals surface area contributed by atoms with Crippen LogP contribution < -0.4 is 0 Å². The summed E-state index contributed by atoms with van der Waals surface area (Å²) in [7, 11) is 0. The molecule has 0 spiro atoms. The van der Waals surface area contributed by atoms with Gasteiger partial charge in [-0.25, -0.2) is 0 Å². The zero-order valence-corrected chi connectivity index (χ0v) is 34.6. The topological polar surface area (TPSA) is 63.3 Å². The molecule has 0 unspecified atom stereocenters. The van der Waals surface area contributed by atoms with E-state index in [0.717, 1.165) is 45.4 Å². The summed E-state index contributed by atoms with van der Waals surface area (Å²) in [4.78, 5) is 17.1. The number of pyridine rings is 1. The van der Waals surface area contributed by atoms with Crippen molar-refractivity contribution in [2.75, 3.05) is 0 Å². The summed E-state index contributed by atoms with van der Waals surface area (Å²) < 4.78 is 28.9. The molecule has 5 heteroatoms. The molecule has 5 rings (SSSR count). The molecule has 275 valence electrons. The van der Waals surface area contributed by atoms with Crippen LogP contribution in [0.3, 0.4) is 0 Å². The van der Waals surface area contributed by atoms with E-state index < -0.39 is 12.6 Å². The molecule has 0 amide bonds. The van der Waals surface area contributed by atoms with Gasteiger partial charge in [-0.3, -0.25) is 9.78 Å². The first-order valence-corrected chi connectivity index (χ1v) is 18.2. The number of Topliss-reactive ketones (excluding diaryl/α,β-unsaturated/α-hetero) is 1. The number of aromatic nitrogens is 1. The average molecular weight is 868 g/mol. The summed E-state index contributed by atoms with van der Waals surface area (Å²) in [6.45, 7) is 18.5. The molecule has 0 saturated heterocycles. The van der Waals surface area contributed by atoms with Crippen LogP contribution in [0.2, 0.25) is 0 Å². The van der Waals surface area contributed by atoms with Crippen LogP contribution in [0.4, 0.5) is 0 Å². The van der Waals surface area contributed by atoms with Gasteiger partial charge in [-0.2, -0.15) is 0 Å². The Hall–Kier alpha value is -3.53. The third-order valence-electron chi connectivity index (χ3n) is 9.45. The maximum absolute atomic E-state index is 12.4. The van der Waals surface area contributed by atoms with Gasteiger partial charge in [-0.15, -0.1) is 29.1 Å². The first-order chi connectivity index (χ1) is 24.8. The van der Waals surface area contributed by atoms with Crippen LogP contribution in [0.5, 0.6) is 0 Å². The van der Waals surface area contributed by atoms with E-state index in [4.69, 9.17) is 13.5 Å². The smallest absolute Gasteiger partial charge is 0.164 e. The van der Waals surface area contributed by atoms with Gasteiger partial charge in [-0.05, 0) is 73.5 Å². The van der Waals surface area contributed by atoms with Crippen LogP contribution in [0.1, 0.15) is 117 Å². The van der Waals surface area contributed by atoms with E-state index in [-0.39, 0.29) is 54.1 Å². The predicted octanol–water partition coefficient (Wildman–Crippen LogP) is 13.3. The number of ketones is 1. The summed E-state index contributed by atoms with van der Waals surface area (Å²) in [5.74, 6) is -0.375.